The molecule has 0 spiro atoms. The number of likely N-dealkylation sites (tertiary alicyclic amines) is 1. The molecule has 1 amide bonds. The predicted molar refractivity (Wildman–Crippen MR) is 76.0 cm³/mol. The summed E-state index contributed by atoms with van der Waals surface area (Å²) < 4.78 is 5.30. The number of nitrogens with one attached hydrogen (secondary N) is 1. The Morgan fingerprint density at radius 3 is 3.11 bits per heavy atom. The van der Waals surface area contributed by atoms with E-state index < -0.39 is 0 Å². The summed E-state index contributed by atoms with van der Waals surface area (Å²) in [4.78, 5) is 14.1. The minimum Gasteiger partial charge on any atom is -0.399 e. The Labute approximate surface area is 113 Å². The van der Waals surface area contributed by atoms with Crippen molar-refractivity contribution in [1.82, 2.24) is 4.90 Å². The van der Waals surface area contributed by atoms with Crippen molar-refractivity contribution in [3.8, 4) is 0 Å². The minimum atomic E-state index is 0.0199. The molecule has 5 nitrogen and oxygen atoms in total. The van der Waals surface area contributed by atoms with E-state index in [1.54, 1.807) is 19.2 Å². The van der Waals surface area contributed by atoms with Gasteiger partial charge in [0.2, 0.25) is 5.91 Å². The Hall–Kier alpha value is -1.59. The van der Waals surface area contributed by atoms with Gasteiger partial charge in [0.25, 0.3) is 0 Å². The molecule has 1 aromatic carbocycles. The van der Waals surface area contributed by atoms with Crippen molar-refractivity contribution in [1.29, 1.82) is 0 Å². The van der Waals surface area contributed by atoms with Gasteiger partial charge in [0, 0.05) is 44.5 Å². The van der Waals surface area contributed by atoms with Crippen LogP contribution in [0.15, 0.2) is 24.3 Å². The molecule has 1 aliphatic rings. The summed E-state index contributed by atoms with van der Waals surface area (Å²) in [6.45, 7) is 2.69. The number of nitrogen functional groups attached to an aromatic ring is 1. The molecule has 1 aliphatic heterocycles. The van der Waals surface area contributed by atoms with Gasteiger partial charge in [-0.3, -0.25) is 4.79 Å². The number of carbonyl (C=O) groups is 1. The number of nitrogens with zero attached hydrogens (tertiary/aromatic N) is 1. The summed E-state index contributed by atoms with van der Waals surface area (Å²) in [6.07, 6.45) is 1.86. The summed E-state index contributed by atoms with van der Waals surface area (Å²) >= 11 is 0. The lowest BCUT2D eigenvalue weighted by Crippen LogP contribution is -2.27. The van der Waals surface area contributed by atoms with E-state index in [1.165, 1.54) is 0 Å². The zero-order valence-electron chi connectivity index (χ0n) is 11.3. The SMILES string of the molecule is COC1CCN(CCC(=O)Nc2cccc(N)c2)C1. The van der Waals surface area contributed by atoms with Crippen LogP contribution in [-0.4, -0.2) is 43.7 Å². The van der Waals surface area contributed by atoms with Crippen LogP contribution in [-0.2, 0) is 9.53 Å². The average Bonchev–Trinajstić information content (AvgIpc) is 2.84. The highest BCUT2D eigenvalue weighted by atomic mass is 16.5. The topological polar surface area (TPSA) is 67.6 Å². The number of hydrogen-bond donors (Lipinski definition) is 2. The first-order valence-corrected chi connectivity index (χ1v) is 6.58. The predicted octanol–water partition coefficient (Wildman–Crippen LogP) is 1.32. The lowest BCUT2D eigenvalue weighted by Gasteiger charge is -2.15. The van der Waals surface area contributed by atoms with E-state index >= 15 is 0 Å². The molecule has 0 radical (unpaired) electrons. The van der Waals surface area contributed by atoms with Crippen molar-refractivity contribution in [3.63, 3.8) is 0 Å². The third-order valence-corrected chi connectivity index (χ3v) is 3.39. The van der Waals surface area contributed by atoms with E-state index in [-0.39, 0.29) is 5.91 Å². The van der Waals surface area contributed by atoms with Crippen molar-refractivity contribution in [2.24, 2.45) is 0 Å². The molecule has 1 fully saturated rings. The zero-order chi connectivity index (χ0) is 13.7. The van der Waals surface area contributed by atoms with Gasteiger partial charge in [0.15, 0.2) is 0 Å². The Morgan fingerprint density at radius 2 is 2.42 bits per heavy atom. The van der Waals surface area contributed by atoms with Gasteiger partial charge in [-0.1, -0.05) is 6.07 Å². The highest BCUT2D eigenvalue weighted by molar-refractivity contribution is 5.91. The number of hydrogen-bond acceptors (Lipinski definition) is 4. The van der Waals surface area contributed by atoms with E-state index in [9.17, 15) is 4.79 Å². The first-order chi connectivity index (χ1) is 9.17. The van der Waals surface area contributed by atoms with E-state index in [2.05, 4.69) is 10.2 Å². The molecule has 0 aromatic heterocycles. The maximum absolute atomic E-state index is 11.8. The molecular formula is C14H21N3O2. The van der Waals surface area contributed by atoms with Crippen LogP contribution in [0.1, 0.15) is 12.8 Å². The Morgan fingerprint density at radius 1 is 1.58 bits per heavy atom. The molecule has 104 valence electrons. The van der Waals surface area contributed by atoms with E-state index in [4.69, 9.17) is 10.5 Å². The third kappa shape index (κ3) is 4.22. The molecule has 5 heteroatoms. The van der Waals surface area contributed by atoms with E-state index in [0.29, 0.717) is 18.2 Å². The first kappa shape index (κ1) is 13.8. The fourth-order valence-corrected chi connectivity index (χ4v) is 2.29. The summed E-state index contributed by atoms with van der Waals surface area (Å²) in [5, 5.41) is 2.86. The van der Waals surface area contributed by atoms with E-state index in [1.807, 2.05) is 12.1 Å². The number of rotatable bonds is 5. The van der Waals surface area contributed by atoms with Crippen LogP contribution < -0.4 is 11.1 Å². The number of amides is 1. The van der Waals surface area contributed by atoms with Gasteiger partial charge in [0.1, 0.15) is 0 Å². The molecule has 2 rings (SSSR count). The van der Waals surface area contributed by atoms with Crippen LogP contribution in [0, 0.1) is 0 Å². The van der Waals surface area contributed by atoms with Gasteiger partial charge < -0.3 is 20.7 Å². The minimum absolute atomic E-state index is 0.0199. The normalized spacial score (nSPS) is 19.5. The van der Waals surface area contributed by atoms with Crippen molar-refractivity contribution < 1.29 is 9.53 Å². The average molecular weight is 263 g/mol. The van der Waals surface area contributed by atoms with Crippen molar-refractivity contribution in [2.75, 3.05) is 37.8 Å². The van der Waals surface area contributed by atoms with Crippen LogP contribution >= 0.6 is 0 Å². The zero-order valence-corrected chi connectivity index (χ0v) is 11.3. The molecule has 1 atom stereocenters. The summed E-state index contributed by atoms with van der Waals surface area (Å²) in [6, 6.07) is 7.22. The van der Waals surface area contributed by atoms with Crippen molar-refractivity contribution in [3.05, 3.63) is 24.3 Å². The Kier molecular flexibility index (Phi) is 4.76. The second-order valence-corrected chi connectivity index (χ2v) is 4.87. The maximum atomic E-state index is 11.8. The number of benzene rings is 1. The smallest absolute Gasteiger partial charge is 0.225 e. The van der Waals surface area contributed by atoms with Crippen LogP contribution in [0.4, 0.5) is 11.4 Å². The van der Waals surface area contributed by atoms with Crippen molar-refractivity contribution in [2.45, 2.75) is 18.9 Å². The fraction of sp³-hybridized carbons (Fsp3) is 0.500. The van der Waals surface area contributed by atoms with Gasteiger partial charge in [-0.15, -0.1) is 0 Å². The molecule has 1 aromatic rings. The lowest BCUT2D eigenvalue weighted by molar-refractivity contribution is -0.116. The molecule has 1 heterocycles. The van der Waals surface area contributed by atoms with Gasteiger partial charge >= 0.3 is 0 Å². The van der Waals surface area contributed by atoms with Crippen LogP contribution in [0.2, 0.25) is 0 Å². The summed E-state index contributed by atoms with van der Waals surface area (Å²) in [7, 11) is 1.74. The molecule has 1 unspecified atom stereocenters. The van der Waals surface area contributed by atoms with Crippen LogP contribution in [0.25, 0.3) is 0 Å². The molecule has 0 saturated carbocycles. The third-order valence-electron chi connectivity index (χ3n) is 3.39. The van der Waals surface area contributed by atoms with E-state index in [0.717, 1.165) is 31.7 Å². The summed E-state index contributed by atoms with van der Waals surface area (Å²) in [5.41, 5.74) is 7.07. The highest BCUT2D eigenvalue weighted by Gasteiger charge is 2.21. The molecule has 0 aliphatic carbocycles. The quantitative estimate of drug-likeness (QED) is 0.786. The Balaban J connectivity index is 1.73. The second-order valence-electron chi connectivity index (χ2n) is 4.87. The lowest BCUT2D eigenvalue weighted by atomic mass is 10.2. The standard InChI is InChI=1S/C14H21N3O2/c1-19-13-5-7-17(10-13)8-6-14(18)16-12-4-2-3-11(15)9-12/h2-4,9,13H,5-8,10,15H2,1H3,(H,16,18). The fourth-order valence-electron chi connectivity index (χ4n) is 2.29. The Bertz CT molecular complexity index is 436. The van der Waals surface area contributed by atoms with Crippen LogP contribution in [0.3, 0.4) is 0 Å². The molecule has 3 N–H and O–H groups in total. The maximum Gasteiger partial charge on any atom is 0.225 e. The largest absolute Gasteiger partial charge is 0.399 e. The van der Waals surface area contributed by atoms with Gasteiger partial charge in [-0.2, -0.15) is 0 Å². The second kappa shape index (κ2) is 6.54. The van der Waals surface area contributed by atoms with Crippen LogP contribution in [0.5, 0.6) is 0 Å². The number of methoxy groups -OCH3 is 1. The highest BCUT2D eigenvalue weighted by Crippen LogP contribution is 2.14. The molecular weight excluding hydrogens is 242 g/mol. The first-order valence-electron chi connectivity index (χ1n) is 6.58. The monoisotopic (exact) mass is 263 g/mol. The molecule has 0 bridgehead atoms. The number of ether oxygens (including phenoxy) is 1. The number of nitrogens with two attached hydrogens (primary N) is 1. The number of carbonyl (C=O) groups excluding carboxylic acids is 1. The summed E-state index contributed by atoms with van der Waals surface area (Å²) in [5.74, 6) is 0.0199. The number of anilines is 2. The molecule has 19 heavy (non-hydrogen) atoms. The van der Waals surface area contributed by atoms with Crippen molar-refractivity contribution >= 4 is 17.3 Å². The molecule has 1 saturated heterocycles. The van der Waals surface area contributed by atoms with Gasteiger partial charge in [-0.05, 0) is 24.6 Å². The van der Waals surface area contributed by atoms with Gasteiger partial charge in [0.05, 0.1) is 6.10 Å². The van der Waals surface area contributed by atoms with Gasteiger partial charge in [-0.25, -0.2) is 0 Å².